The Bertz CT molecular complexity index is 576. The summed E-state index contributed by atoms with van der Waals surface area (Å²) >= 11 is 1.04. The number of nitrogens with zero attached hydrogens (tertiary/aromatic N) is 2. The monoisotopic (exact) mass is 250 g/mol. The van der Waals surface area contributed by atoms with Gasteiger partial charge in [-0.1, -0.05) is 11.3 Å². The Labute approximate surface area is 99.4 Å². The SMILES string of the molecule is O=[N+]([O-])c1ccc(-c2ccc([N+](=O)[O-])s2)cc1. The normalized spacial score (nSPS) is 10.1. The first-order valence-electron chi connectivity index (χ1n) is 4.57. The lowest BCUT2D eigenvalue weighted by molar-refractivity contribution is -0.384. The molecule has 0 fully saturated rings. The van der Waals surface area contributed by atoms with Crippen LogP contribution in [0.2, 0.25) is 0 Å². The van der Waals surface area contributed by atoms with E-state index in [0.717, 1.165) is 16.9 Å². The third-order valence-electron chi connectivity index (χ3n) is 2.13. The van der Waals surface area contributed by atoms with E-state index in [9.17, 15) is 20.2 Å². The molecule has 0 saturated carbocycles. The molecular formula is C10H6N2O4S. The summed E-state index contributed by atoms with van der Waals surface area (Å²) in [6.45, 7) is 0. The fourth-order valence-electron chi connectivity index (χ4n) is 1.33. The zero-order chi connectivity index (χ0) is 12.4. The Morgan fingerprint density at radius 3 is 2.00 bits per heavy atom. The first-order chi connectivity index (χ1) is 8.08. The van der Waals surface area contributed by atoms with Crippen LogP contribution >= 0.6 is 11.3 Å². The minimum Gasteiger partial charge on any atom is -0.258 e. The van der Waals surface area contributed by atoms with Gasteiger partial charge in [0, 0.05) is 23.1 Å². The second-order valence-electron chi connectivity index (χ2n) is 3.20. The van der Waals surface area contributed by atoms with Gasteiger partial charge in [-0.3, -0.25) is 20.2 Å². The molecule has 86 valence electrons. The first-order valence-corrected chi connectivity index (χ1v) is 5.38. The molecule has 0 radical (unpaired) electrons. The molecule has 0 amide bonds. The second kappa shape index (κ2) is 4.30. The summed E-state index contributed by atoms with van der Waals surface area (Å²) in [5, 5.41) is 21.0. The number of hydrogen-bond acceptors (Lipinski definition) is 5. The number of thiophene rings is 1. The molecule has 0 unspecified atom stereocenters. The van der Waals surface area contributed by atoms with Gasteiger partial charge in [0.15, 0.2) is 0 Å². The van der Waals surface area contributed by atoms with E-state index in [0.29, 0.717) is 4.88 Å². The Morgan fingerprint density at radius 2 is 1.53 bits per heavy atom. The number of rotatable bonds is 3. The summed E-state index contributed by atoms with van der Waals surface area (Å²) in [5.74, 6) is 0. The van der Waals surface area contributed by atoms with Crippen molar-refractivity contribution < 1.29 is 9.85 Å². The summed E-state index contributed by atoms with van der Waals surface area (Å²) in [6, 6.07) is 8.95. The summed E-state index contributed by atoms with van der Waals surface area (Å²) in [5.41, 5.74) is 0.730. The van der Waals surface area contributed by atoms with Gasteiger partial charge in [-0.25, -0.2) is 0 Å². The van der Waals surface area contributed by atoms with Gasteiger partial charge in [-0.2, -0.15) is 0 Å². The van der Waals surface area contributed by atoms with E-state index < -0.39 is 9.85 Å². The van der Waals surface area contributed by atoms with Crippen LogP contribution in [0.4, 0.5) is 10.7 Å². The fourth-order valence-corrected chi connectivity index (χ4v) is 2.15. The van der Waals surface area contributed by atoms with Crippen LogP contribution in [0, 0.1) is 20.2 Å². The molecule has 0 N–H and O–H groups in total. The maximum absolute atomic E-state index is 10.5. The van der Waals surface area contributed by atoms with Crippen molar-refractivity contribution in [3.63, 3.8) is 0 Å². The van der Waals surface area contributed by atoms with Crippen LogP contribution < -0.4 is 0 Å². The number of benzene rings is 1. The standard InChI is InChI=1S/C10H6N2O4S/c13-11(14)8-3-1-7(2-4-8)9-5-6-10(17-9)12(15)16/h1-6H. The molecule has 1 heterocycles. The Balaban J connectivity index is 2.33. The molecule has 0 aliphatic rings. The summed E-state index contributed by atoms with van der Waals surface area (Å²) in [6.07, 6.45) is 0. The van der Waals surface area contributed by atoms with Crippen LogP contribution in [0.3, 0.4) is 0 Å². The lowest BCUT2D eigenvalue weighted by atomic mass is 10.2. The molecular weight excluding hydrogens is 244 g/mol. The minimum absolute atomic E-state index is 0.000180. The predicted octanol–water partition coefficient (Wildman–Crippen LogP) is 3.23. The van der Waals surface area contributed by atoms with Gasteiger partial charge in [-0.15, -0.1) is 0 Å². The third kappa shape index (κ3) is 2.28. The largest absolute Gasteiger partial charge is 0.324 e. The van der Waals surface area contributed by atoms with E-state index in [2.05, 4.69) is 0 Å². The number of hydrogen-bond donors (Lipinski definition) is 0. The summed E-state index contributed by atoms with van der Waals surface area (Å²) in [4.78, 5) is 20.7. The molecule has 0 spiro atoms. The number of nitro benzene ring substituents is 1. The zero-order valence-electron chi connectivity index (χ0n) is 8.40. The molecule has 7 heteroatoms. The van der Waals surface area contributed by atoms with Gasteiger partial charge < -0.3 is 0 Å². The molecule has 2 rings (SSSR count). The molecule has 6 nitrogen and oxygen atoms in total. The number of nitro groups is 2. The molecule has 17 heavy (non-hydrogen) atoms. The van der Waals surface area contributed by atoms with Crippen molar-refractivity contribution in [3.8, 4) is 10.4 Å². The fraction of sp³-hybridized carbons (Fsp3) is 0. The number of non-ortho nitro benzene ring substituents is 1. The van der Waals surface area contributed by atoms with Crippen molar-refractivity contribution in [1.29, 1.82) is 0 Å². The quantitative estimate of drug-likeness (QED) is 0.618. The highest BCUT2D eigenvalue weighted by molar-refractivity contribution is 7.18. The van der Waals surface area contributed by atoms with Gasteiger partial charge in [0.25, 0.3) is 5.69 Å². The van der Waals surface area contributed by atoms with Crippen molar-refractivity contribution in [2.24, 2.45) is 0 Å². The maximum Gasteiger partial charge on any atom is 0.324 e. The van der Waals surface area contributed by atoms with Crippen LogP contribution in [-0.4, -0.2) is 9.85 Å². The van der Waals surface area contributed by atoms with E-state index >= 15 is 0 Å². The van der Waals surface area contributed by atoms with Crippen molar-refractivity contribution in [3.05, 3.63) is 56.6 Å². The van der Waals surface area contributed by atoms with E-state index in [1.807, 2.05) is 0 Å². The highest BCUT2D eigenvalue weighted by atomic mass is 32.1. The molecule has 0 atom stereocenters. The third-order valence-corrected chi connectivity index (χ3v) is 3.22. The molecule has 0 saturated heterocycles. The smallest absolute Gasteiger partial charge is 0.258 e. The van der Waals surface area contributed by atoms with E-state index in [1.54, 1.807) is 18.2 Å². The lowest BCUT2D eigenvalue weighted by Crippen LogP contribution is -1.86. The van der Waals surface area contributed by atoms with Gasteiger partial charge >= 0.3 is 5.00 Å². The molecule has 0 bridgehead atoms. The predicted molar refractivity (Wildman–Crippen MR) is 63.1 cm³/mol. The highest BCUT2D eigenvalue weighted by Crippen LogP contribution is 2.33. The van der Waals surface area contributed by atoms with Crippen molar-refractivity contribution in [2.75, 3.05) is 0 Å². The average Bonchev–Trinajstić information content (AvgIpc) is 2.78. The van der Waals surface area contributed by atoms with Crippen molar-refractivity contribution in [2.45, 2.75) is 0 Å². The highest BCUT2D eigenvalue weighted by Gasteiger charge is 2.12. The Kier molecular flexibility index (Phi) is 2.84. The van der Waals surface area contributed by atoms with Crippen molar-refractivity contribution in [1.82, 2.24) is 0 Å². The minimum atomic E-state index is -0.485. The van der Waals surface area contributed by atoms with Crippen LogP contribution in [0.5, 0.6) is 0 Å². The zero-order valence-corrected chi connectivity index (χ0v) is 9.22. The van der Waals surface area contributed by atoms with E-state index in [4.69, 9.17) is 0 Å². The van der Waals surface area contributed by atoms with Gasteiger partial charge in [0.1, 0.15) is 0 Å². The van der Waals surface area contributed by atoms with E-state index in [-0.39, 0.29) is 10.7 Å². The molecule has 1 aromatic carbocycles. The molecule has 1 aromatic heterocycles. The van der Waals surface area contributed by atoms with Crippen LogP contribution in [-0.2, 0) is 0 Å². The molecule has 0 aliphatic carbocycles. The second-order valence-corrected chi connectivity index (χ2v) is 4.26. The first kappa shape index (κ1) is 11.2. The van der Waals surface area contributed by atoms with Gasteiger partial charge in [0.2, 0.25) is 0 Å². The van der Waals surface area contributed by atoms with Crippen LogP contribution in [0.1, 0.15) is 0 Å². The average molecular weight is 250 g/mol. The van der Waals surface area contributed by atoms with Crippen LogP contribution in [0.15, 0.2) is 36.4 Å². The topological polar surface area (TPSA) is 86.3 Å². The Morgan fingerprint density at radius 1 is 0.882 bits per heavy atom. The summed E-state index contributed by atoms with van der Waals surface area (Å²) in [7, 11) is 0. The van der Waals surface area contributed by atoms with E-state index in [1.165, 1.54) is 18.2 Å². The van der Waals surface area contributed by atoms with Gasteiger partial charge in [-0.05, 0) is 23.8 Å². The summed E-state index contributed by atoms with van der Waals surface area (Å²) < 4.78 is 0. The van der Waals surface area contributed by atoms with Crippen molar-refractivity contribution >= 4 is 22.0 Å². The van der Waals surface area contributed by atoms with Gasteiger partial charge in [0.05, 0.1) is 9.85 Å². The lowest BCUT2D eigenvalue weighted by Gasteiger charge is -1.95. The molecule has 0 aliphatic heterocycles. The Hall–Kier alpha value is -2.28. The maximum atomic E-state index is 10.5. The molecule has 2 aromatic rings. The van der Waals surface area contributed by atoms with Crippen LogP contribution in [0.25, 0.3) is 10.4 Å².